The second-order valence-corrected chi connectivity index (χ2v) is 5.42. The lowest BCUT2D eigenvalue weighted by Gasteiger charge is -2.19. The molecular formula is C19H16ClNO. The molecule has 3 rings (SSSR count). The van der Waals surface area contributed by atoms with Crippen LogP contribution < -0.4 is 4.74 Å². The van der Waals surface area contributed by atoms with Crippen molar-refractivity contribution in [3.05, 3.63) is 94.8 Å². The molecule has 3 aromatic rings. The molecule has 22 heavy (non-hydrogen) atoms. The Bertz CT molecular complexity index is 741. The van der Waals surface area contributed by atoms with E-state index in [9.17, 15) is 0 Å². The Morgan fingerprint density at radius 1 is 0.864 bits per heavy atom. The van der Waals surface area contributed by atoms with Crippen molar-refractivity contribution >= 4 is 11.6 Å². The number of halogens is 1. The minimum absolute atomic E-state index is 0.0982. The molecule has 110 valence electrons. The monoisotopic (exact) mass is 309 g/mol. The van der Waals surface area contributed by atoms with Crippen molar-refractivity contribution in [2.45, 2.75) is 5.92 Å². The maximum absolute atomic E-state index is 5.92. The summed E-state index contributed by atoms with van der Waals surface area (Å²) in [7, 11) is 1.68. The fraction of sp³-hybridized carbons (Fsp3) is 0.105. The zero-order valence-corrected chi connectivity index (χ0v) is 13.0. The smallest absolute Gasteiger partial charge is 0.129 e. The van der Waals surface area contributed by atoms with Gasteiger partial charge in [0.2, 0.25) is 0 Å². The molecule has 0 saturated heterocycles. The van der Waals surface area contributed by atoms with E-state index in [1.165, 1.54) is 5.56 Å². The summed E-state index contributed by atoms with van der Waals surface area (Å²) in [5, 5.41) is 0.501. The highest BCUT2D eigenvalue weighted by Crippen LogP contribution is 2.33. The Morgan fingerprint density at radius 3 is 2.32 bits per heavy atom. The van der Waals surface area contributed by atoms with Gasteiger partial charge in [0.15, 0.2) is 0 Å². The van der Waals surface area contributed by atoms with Gasteiger partial charge in [-0.3, -0.25) is 0 Å². The second kappa shape index (κ2) is 6.63. The van der Waals surface area contributed by atoms with Gasteiger partial charge in [0, 0.05) is 12.1 Å². The molecule has 1 unspecified atom stereocenters. The van der Waals surface area contributed by atoms with Gasteiger partial charge in [0.25, 0.3) is 0 Å². The first-order valence-electron chi connectivity index (χ1n) is 7.08. The Morgan fingerprint density at radius 2 is 1.64 bits per heavy atom. The van der Waals surface area contributed by atoms with Gasteiger partial charge in [-0.1, -0.05) is 60.1 Å². The first-order valence-corrected chi connectivity index (χ1v) is 7.46. The van der Waals surface area contributed by atoms with Crippen molar-refractivity contribution in [2.75, 3.05) is 7.11 Å². The Kier molecular flexibility index (Phi) is 4.40. The standard InChI is InChI=1S/C19H16ClNO/c1-22-17-9-5-8-15(12-17)19(14-6-3-2-4-7-14)16-10-11-18(20)21-13-16/h2-13,19H,1H3. The molecule has 0 saturated carbocycles. The molecule has 0 amide bonds. The number of rotatable bonds is 4. The minimum Gasteiger partial charge on any atom is -0.497 e. The van der Waals surface area contributed by atoms with Crippen molar-refractivity contribution in [1.29, 1.82) is 0 Å². The first kappa shape index (κ1) is 14.6. The van der Waals surface area contributed by atoms with Gasteiger partial charge < -0.3 is 4.74 Å². The highest BCUT2D eigenvalue weighted by Gasteiger charge is 2.17. The van der Waals surface area contributed by atoms with E-state index >= 15 is 0 Å². The zero-order chi connectivity index (χ0) is 15.4. The SMILES string of the molecule is COc1cccc(C(c2ccccc2)c2ccc(Cl)nc2)c1. The first-order chi connectivity index (χ1) is 10.8. The predicted octanol–water partition coefficient (Wildman–Crippen LogP) is 4.92. The van der Waals surface area contributed by atoms with Gasteiger partial charge >= 0.3 is 0 Å². The van der Waals surface area contributed by atoms with Crippen LogP contribution in [-0.4, -0.2) is 12.1 Å². The molecule has 1 aromatic heterocycles. The van der Waals surface area contributed by atoms with Gasteiger partial charge in [-0.05, 0) is 34.9 Å². The molecule has 0 spiro atoms. The third-order valence-electron chi connectivity index (χ3n) is 3.64. The normalized spacial score (nSPS) is 11.9. The molecule has 0 aliphatic carbocycles. The number of ether oxygens (including phenoxy) is 1. The Balaban J connectivity index is 2.12. The van der Waals surface area contributed by atoms with Crippen molar-refractivity contribution in [2.24, 2.45) is 0 Å². The van der Waals surface area contributed by atoms with Gasteiger partial charge in [-0.2, -0.15) is 0 Å². The maximum Gasteiger partial charge on any atom is 0.129 e. The van der Waals surface area contributed by atoms with Crippen molar-refractivity contribution in [3.63, 3.8) is 0 Å². The van der Waals surface area contributed by atoms with Crippen molar-refractivity contribution in [3.8, 4) is 5.75 Å². The third-order valence-corrected chi connectivity index (χ3v) is 3.87. The summed E-state index contributed by atoms with van der Waals surface area (Å²) in [4.78, 5) is 4.23. The van der Waals surface area contributed by atoms with Gasteiger partial charge in [-0.15, -0.1) is 0 Å². The summed E-state index contributed by atoms with van der Waals surface area (Å²) < 4.78 is 5.36. The average Bonchev–Trinajstić information content (AvgIpc) is 2.58. The lowest BCUT2D eigenvalue weighted by molar-refractivity contribution is 0.414. The Labute approximate surface area is 135 Å². The van der Waals surface area contributed by atoms with Crippen LogP contribution in [0.25, 0.3) is 0 Å². The summed E-state index contributed by atoms with van der Waals surface area (Å²) in [6.45, 7) is 0. The van der Waals surface area contributed by atoms with Crippen LogP contribution in [0.4, 0.5) is 0 Å². The molecule has 0 bridgehead atoms. The van der Waals surface area contributed by atoms with Crippen LogP contribution >= 0.6 is 11.6 Å². The predicted molar refractivity (Wildman–Crippen MR) is 89.6 cm³/mol. The van der Waals surface area contributed by atoms with Crippen LogP contribution in [0, 0.1) is 0 Å². The van der Waals surface area contributed by atoms with Gasteiger partial charge in [0.1, 0.15) is 10.9 Å². The fourth-order valence-electron chi connectivity index (χ4n) is 2.60. The maximum atomic E-state index is 5.92. The fourth-order valence-corrected chi connectivity index (χ4v) is 2.71. The highest BCUT2D eigenvalue weighted by atomic mass is 35.5. The number of aromatic nitrogens is 1. The highest BCUT2D eigenvalue weighted by molar-refractivity contribution is 6.29. The van der Waals surface area contributed by atoms with Gasteiger partial charge in [0.05, 0.1) is 7.11 Å². The third kappa shape index (κ3) is 3.12. The summed E-state index contributed by atoms with van der Waals surface area (Å²) in [6.07, 6.45) is 1.83. The molecule has 2 nitrogen and oxygen atoms in total. The molecule has 3 heteroatoms. The van der Waals surface area contributed by atoms with Crippen LogP contribution in [-0.2, 0) is 0 Å². The average molecular weight is 310 g/mol. The number of methoxy groups -OCH3 is 1. The van der Waals surface area contributed by atoms with E-state index in [1.807, 2.05) is 48.7 Å². The van der Waals surface area contributed by atoms with Crippen LogP contribution in [0.1, 0.15) is 22.6 Å². The zero-order valence-electron chi connectivity index (χ0n) is 12.2. The number of nitrogens with zero attached hydrogens (tertiary/aromatic N) is 1. The summed E-state index contributed by atoms with van der Waals surface area (Å²) in [5.74, 6) is 0.946. The molecule has 0 N–H and O–H groups in total. The number of pyridine rings is 1. The molecule has 0 aliphatic rings. The van der Waals surface area contributed by atoms with E-state index in [-0.39, 0.29) is 5.92 Å². The molecule has 2 aromatic carbocycles. The molecule has 0 aliphatic heterocycles. The van der Waals surface area contributed by atoms with E-state index in [1.54, 1.807) is 7.11 Å². The van der Waals surface area contributed by atoms with Crippen molar-refractivity contribution in [1.82, 2.24) is 4.98 Å². The number of hydrogen-bond acceptors (Lipinski definition) is 2. The summed E-state index contributed by atoms with van der Waals surface area (Å²) >= 11 is 5.92. The molecule has 1 heterocycles. The summed E-state index contributed by atoms with van der Waals surface area (Å²) in [5.41, 5.74) is 3.47. The van der Waals surface area contributed by atoms with Crippen LogP contribution in [0.3, 0.4) is 0 Å². The molecular weight excluding hydrogens is 294 g/mol. The van der Waals surface area contributed by atoms with Crippen LogP contribution in [0.5, 0.6) is 5.75 Å². The van der Waals surface area contributed by atoms with E-state index in [4.69, 9.17) is 16.3 Å². The number of hydrogen-bond donors (Lipinski definition) is 0. The van der Waals surface area contributed by atoms with E-state index in [0.717, 1.165) is 16.9 Å². The van der Waals surface area contributed by atoms with E-state index < -0.39 is 0 Å². The molecule has 1 atom stereocenters. The second-order valence-electron chi connectivity index (χ2n) is 5.03. The quantitative estimate of drug-likeness (QED) is 0.638. The topological polar surface area (TPSA) is 22.1 Å². The largest absolute Gasteiger partial charge is 0.497 e. The van der Waals surface area contributed by atoms with E-state index in [0.29, 0.717) is 5.15 Å². The van der Waals surface area contributed by atoms with Crippen molar-refractivity contribution < 1.29 is 4.74 Å². The number of benzene rings is 2. The molecule has 0 fully saturated rings. The summed E-state index contributed by atoms with van der Waals surface area (Å²) in [6, 6.07) is 22.3. The van der Waals surface area contributed by atoms with E-state index in [2.05, 4.69) is 29.2 Å². The van der Waals surface area contributed by atoms with Crippen LogP contribution in [0.15, 0.2) is 72.9 Å². The van der Waals surface area contributed by atoms with Gasteiger partial charge in [-0.25, -0.2) is 4.98 Å². The Hall–Kier alpha value is -2.32. The lowest BCUT2D eigenvalue weighted by Crippen LogP contribution is -2.04. The van der Waals surface area contributed by atoms with Crippen LogP contribution in [0.2, 0.25) is 5.15 Å². The molecule has 0 radical (unpaired) electrons. The minimum atomic E-state index is 0.0982. The lowest BCUT2D eigenvalue weighted by atomic mass is 9.86.